The quantitative estimate of drug-likeness (QED) is 0.911. The van der Waals surface area contributed by atoms with E-state index < -0.39 is 6.10 Å². The minimum Gasteiger partial charge on any atom is -0.385 e. The van der Waals surface area contributed by atoms with E-state index in [1.807, 2.05) is 18.2 Å². The SMILES string of the molecule is C[C@H](O)c1nc2ccccc2n1CCC1CCCCC1. The topological polar surface area (TPSA) is 38.1 Å². The first-order valence-corrected chi connectivity index (χ1v) is 7.89. The zero-order valence-corrected chi connectivity index (χ0v) is 12.3. The van der Waals surface area contributed by atoms with E-state index in [0.29, 0.717) is 0 Å². The zero-order valence-electron chi connectivity index (χ0n) is 12.3. The highest BCUT2D eigenvalue weighted by atomic mass is 16.3. The lowest BCUT2D eigenvalue weighted by Gasteiger charge is -2.22. The zero-order chi connectivity index (χ0) is 13.9. The predicted octanol–water partition coefficient (Wildman–Crippen LogP) is 4.06. The number of aryl methyl sites for hydroxylation is 1. The van der Waals surface area contributed by atoms with Crippen LogP contribution >= 0.6 is 0 Å². The van der Waals surface area contributed by atoms with Crippen molar-refractivity contribution < 1.29 is 5.11 Å². The molecule has 0 aliphatic heterocycles. The third-order valence-electron chi connectivity index (χ3n) is 4.54. The summed E-state index contributed by atoms with van der Waals surface area (Å²) in [5, 5.41) is 9.96. The largest absolute Gasteiger partial charge is 0.385 e. The van der Waals surface area contributed by atoms with Crippen LogP contribution in [0, 0.1) is 5.92 Å². The Hall–Kier alpha value is -1.35. The van der Waals surface area contributed by atoms with Gasteiger partial charge in [0.2, 0.25) is 0 Å². The molecule has 0 amide bonds. The van der Waals surface area contributed by atoms with Gasteiger partial charge in [0.05, 0.1) is 11.0 Å². The number of aromatic nitrogens is 2. The van der Waals surface area contributed by atoms with Crippen molar-refractivity contribution in [1.82, 2.24) is 9.55 Å². The van der Waals surface area contributed by atoms with Gasteiger partial charge in [-0.25, -0.2) is 4.98 Å². The van der Waals surface area contributed by atoms with Gasteiger partial charge in [-0.15, -0.1) is 0 Å². The number of nitrogens with zero attached hydrogens (tertiary/aromatic N) is 2. The first kappa shape index (κ1) is 13.6. The summed E-state index contributed by atoms with van der Waals surface area (Å²) in [5.41, 5.74) is 2.14. The molecule has 1 atom stereocenters. The maximum absolute atomic E-state index is 9.96. The van der Waals surface area contributed by atoms with Crippen LogP contribution in [0.15, 0.2) is 24.3 Å². The fraction of sp³-hybridized carbons (Fsp3) is 0.588. The van der Waals surface area contributed by atoms with Gasteiger partial charge >= 0.3 is 0 Å². The molecule has 3 heteroatoms. The van der Waals surface area contributed by atoms with E-state index in [9.17, 15) is 5.11 Å². The van der Waals surface area contributed by atoms with Crippen LogP contribution in [0.2, 0.25) is 0 Å². The van der Waals surface area contributed by atoms with Gasteiger partial charge in [-0.05, 0) is 31.4 Å². The predicted molar refractivity (Wildman–Crippen MR) is 81.6 cm³/mol. The summed E-state index contributed by atoms with van der Waals surface area (Å²) in [5.74, 6) is 1.66. The maximum Gasteiger partial charge on any atom is 0.138 e. The summed E-state index contributed by atoms with van der Waals surface area (Å²) in [6.07, 6.45) is 7.63. The van der Waals surface area contributed by atoms with Crippen LogP contribution in [0.25, 0.3) is 11.0 Å². The van der Waals surface area contributed by atoms with Gasteiger partial charge < -0.3 is 9.67 Å². The normalized spacial score (nSPS) is 18.5. The van der Waals surface area contributed by atoms with Crippen molar-refractivity contribution in [3.05, 3.63) is 30.1 Å². The lowest BCUT2D eigenvalue weighted by Crippen LogP contribution is -2.13. The van der Waals surface area contributed by atoms with Crippen molar-refractivity contribution in [2.45, 2.75) is 58.1 Å². The van der Waals surface area contributed by atoms with E-state index in [-0.39, 0.29) is 0 Å². The summed E-state index contributed by atoms with van der Waals surface area (Å²) in [6, 6.07) is 8.19. The van der Waals surface area contributed by atoms with Crippen molar-refractivity contribution in [2.75, 3.05) is 0 Å². The summed E-state index contributed by atoms with van der Waals surface area (Å²) in [6.45, 7) is 2.78. The number of rotatable bonds is 4. The molecule has 20 heavy (non-hydrogen) atoms. The Labute approximate surface area is 120 Å². The molecule has 0 spiro atoms. The molecule has 1 aliphatic rings. The Bertz CT molecular complexity index is 567. The van der Waals surface area contributed by atoms with E-state index in [2.05, 4.69) is 15.6 Å². The molecule has 1 N–H and O–H groups in total. The lowest BCUT2D eigenvalue weighted by atomic mass is 9.87. The Morgan fingerprint density at radius 1 is 1.25 bits per heavy atom. The van der Waals surface area contributed by atoms with E-state index in [0.717, 1.165) is 29.3 Å². The second-order valence-electron chi connectivity index (χ2n) is 6.08. The monoisotopic (exact) mass is 272 g/mol. The third kappa shape index (κ3) is 2.73. The molecular formula is C17H24N2O. The Morgan fingerprint density at radius 2 is 2.00 bits per heavy atom. The van der Waals surface area contributed by atoms with E-state index in [1.165, 1.54) is 38.5 Å². The molecule has 1 heterocycles. The molecule has 0 saturated heterocycles. The van der Waals surface area contributed by atoms with Crippen LogP contribution in [0.1, 0.15) is 57.4 Å². The fourth-order valence-corrected chi connectivity index (χ4v) is 3.44. The Kier molecular flexibility index (Phi) is 4.06. The number of imidazole rings is 1. The molecule has 1 aromatic carbocycles. The maximum atomic E-state index is 9.96. The molecule has 0 bridgehead atoms. The van der Waals surface area contributed by atoms with Crippen molar-refractivity contribution in [3.63, 3.8) is 0 Å². The molecule has 3 rings (SSSR count). The van der Waals surface area contributed by atoms with Gasteiger partial charge in [0.1, 0.15) is 11.9 Å². The molecule has 0 unspecified atom stereocenters. The van der Waals surface area contributed by atoms with Crippen LogP contribution in [0.3, 0.4) is 0 Å². The number of benzene rings is 1. The average molecular weight is 272 g/mol. The number of hydrogen-bond donors (Lipinski definition) is 1. The summed E-state index contributed by atoms with van der Waals surface area (Å²) in [7, 11) is 0. The first-order valence-electron chi connectivity index (χ1n) is 7.89. The Balaban J connectivity index is 1.83. The van der Waals surface area contributed by atoms with E-state index in [1.54, 1.807) is 6.92 Å². The van der Waals surface area contributed by atoms with Crippen molar-refractivity contribution >= 4 is 11.0 Å². The number of aliphatic hydroxyl groups is 1. The minimum absolute atomic E-state index is 0.506. The lowest BCUT2D eigenvalue weighted by molar-refractivity contribution is 0.183. The summed E-state index contributed by atoms with van der Waals surface area (Å²) >= 11 is 0. The van der Waals surface area contributed by atoms with Crippen LogP contribution in [0.4, 0.5) is 0 Å². The van der Waals surface area contributed by atoms with Crippen LogP contribution in [-0.4, -0.2) is 14.7 Å². The van der Waals surface area contributed by atoms with Gasteiger partial charge in [-0.2, -0.15) is 0 Å². The molecule has 0 radical (unpaired) electrons. The number of aliphatic hydroxyl groups excluding tert-OH is 1. The van der Waals surface area contributed by atoms with Crippen LogP contribution < -0.4 is 0 Å². The number of hydrogen-bond acceptors (Lipinski definition) is 2. The molecular weight excluding hydrogens is 248 g/mol. The van der Waals surface area contributed by atoms with E-state index in [4.69, 9.17) is 0 Å². The highest BCUT2D eigenvalue weighted by molar-refractivity contribution is 5.75. The smallest absolute Gasteiger partial charge is 0.138 e. The van der Waals surface area contributed by atoms with Gasteiger partial charge in [-0.3, -0.25) is 0 Å². The highest BCUT2D eigenvalue weighted by Crippen LogP contribution is 2.28. The first-order chi connectivity index (χ1) is 9.75. The van der Waals surface area contributed by atoms with Crippen molar-refractivity contribution in [3.8, 4) is 0 Å². The number of para-hydroxylation sites is 2. The molecule has 1 aromatic heterocycles. The standard InChI is InChI=1S/C17H24N2O/c1-13(20)17-18-15-9-5-6-10-16(15)19(17)12-11-14-7-3-2-4-8-14/h5-6,9-10,13-14,20H,2-4,7-8,11-12H2,1H3/t13-/m0/s1. The minimum atomic E-state index is -0.506. The van der Waals surface area contributed by atoms with Gasteiger partial charge in [0, 0.05) is 6.54 Å². The molecule has 1 saturated carbocycles. The van der Waals surface area contributed by atoms with Gasteiger partial charge in [0.25, 0.3) is 0 Å². The number of fused-ring (bicyclic) bond motifs is 1. The molecule has 1 aliphatic carbocycles. The fourth-order valence-electron chi connectivity index (χ4n) is 3.44. The van der Waals surface area contributed by atoms with Gasteiger partial charge in [0.15, 0.2) is 0 Å². The van der Waals surface area contributed by atoms with Crippen molar-refractivity contribution in [1.29, 1.82) is 0 Å². The average Bonchev–Trinajstić information content (AvgIpc) is 2.85. The summed E-state index contributed by atoms with van der Waals surface area (Å²) in [4.78, 5) is 4.59. The van der Waals surface area contributed by atoms with Crippen LogP contribution in [-0.2, 0) is 6.54 Å². The molecule has 3 nitrogen and oxygen atoms in total. The molecule has 1 fully saturated rings. The highest BCUT2D eigenvalue weighted by Gasteiger charge is 2.17. The second-order valence-corrected chi connectivity index (χ2v) is 6.08. The second kappa shape index (κ2) is 5.96. The Morgan fingerprint density at radius 3 is 2.75 bits per heavy atom. The third-order valence-corrected chi connectivity index (χ3v) is 4.54. The molecule has 108 valence electrons. The van der Waals surface area contributed by atoms with Gasteiger partial charge in [-0.1, -0.05) is 44.2 Å². The van der Waals surface area contributed by atoms with E-state index >= 15 is 0 Å². The molecule has 2 aromatic rings. The van der Waals surface area contributed by atoms with Crippen molar-refractivity contribution in [2.24, 2.45) is 5.92 Å². The summed E-state index contributed by atoms with van der Waals surface area (Å²) < 4.78 is 2.22. The van der Waals surface area contributed by atoms with Crippen LogP contribution in [0.5, 0.6) is 0 Å².